The van der Waals surface area contributed by atoms with Crippen molar-refractivity contribution < 1.29 is 9.53 Å². The predicted octanol–water partition coefficient (Wildman–Crippen LogP) is 3.02. The molecular formula is C13H17ClO2. The summed E-state index contributed by atoms with van der Waals surface area (Å²) in [4.78, 5) is 11.1. The minimum absolute atomic E-state index is 0.201. The molecule has 0 saturated carbocycles. The molecule has 0 radical (unpaired) electrons. The Morgan fingerprint density at radius 3 is 2.75 bits per heavy atom. The molecule has 1 atom stereocenters. The van der Waals surface area contributed by atoms with Crippen LogP contribution in [0.1, 0.15) is 23.1 Å². The summed E-state index contributed by atoms with van der Waals surface area (Å²) in [5, 5.41) is -0.201. The molecule has 0 aliphatic rings. The van der Waals surface area contributed by atoms with Gasteiger partial charge >= 0.3 is 5.97 Å². The molecule has 2 nitrogen and oxygen atoms in total. The van der Waals surface area contributed by atoms with Gasteiger partial charge < -0.3 is 4.74 Å². The normalized spacial score (nSPS) is 12.2. The average molecular weight is 241 g/mol. The van der Waals surface area contributed by atoms with Crippen LogP contribution < -0.4 is 0 Å². The zero-order valence-corrected chi connectivity index (χ0v) is 10.7. The highest BCUT2D eigenvalue weighted by Crippen LogP contribution is 2.17. The zero-order valence-electron chi connectivity index (χ0n) is 9.92. The van der Waals surface area contributed by atoms with E-state index in [2.05, 4.69) is 29.9 Å². The van der Waals surface area contributed by atoms with Crippen LogP contribution in [0, 0.1) is 13.8 Å². The van der Waals surface area contributed by atoms with Crippen LogP contribution in [-0.2, 0) is 16.0 Å². The maximum atomic E-state index is 11.1. The summed E-state index contributed by atoms with van der Waals surface area (Å²) < 4.78 is 4.59. The van der Waals surface area contributed by atoms with Crippen LogP contribution in [0.3, 0.4) is 0 Å². The van der Waals surface area contributed by atoms with Gasteiger partial charge in [-0.1, -0.05) is 23.8 Å². The number of esters is 1. The molecule has 1 unspecified atom stereocenters. The molecule has 0 bridgehead atoms. The molecule has 88 valence electrons. The number of ether oxygens (including phenoxy) is 1. The maximum Gasteiger partial charge on any atom is 0.307 e. The summed E-state index contributed by atoms with van der Waals surface area (Å²) in [6.45, 7) is 4.10. The van der Waals surface area contributed by atoms with Gasteiger partial charge in [-0.25, -0.2) is 0 Å². The van der Waals surface area contributed by atoms with Crippen molar-refractivity contribution in [3.8, 4) is 0 Å². The van der Waals surface area contributed by atoms with E-state index < -0.39 is 0 Å². The molecular weight excluding hydrogens is 224 g/mol. The Kier molecular flexibility index (Phi) is 4.81. The Hall–Kier alpha value is -1.02. The van der Waals surface area contributed by atoms with Crippen molar-refractivity contribution in [2.24, 2.45) is 0 Å². The summed E-state index contributed by atoms with van der Waals surface area (Å²) >= 11 is 6.11. The van der Waals surface area contributed by atoms with Crippen molar-refractivity contribution in [1.82, 2.24) is 0 Å². The second-order valence-electron chi connectivity index (χ2n) is 4.01. The second-order valence-corrected chi connectivity index (χ2v) is 4.63. The van der Waals surface area contributed by atoms with Gasteiger partial charge in [-0.2, -0.15) is 0 Å². The molecule has 0 saturated heterocycles. The fraction of sp³-hybridized carbons (Fsp3) is 0.462. The fourth-order valence-corrected chi connectivity index (χ4v) is 1.89. The molecule has 0 fully saturated rings. The molecule has 0 N–H and O–H groups in total. The largest absolute Gasteiger partial charge is 0.469 e. The quantitative estimate of drug-likeness (QED) is 0.597. The van der Waals surface area contributed by atoms with Gasteiger partial charge in [0.2, 0.25) is 0 Å². The summed E-state index contributed by atoms with van der Waals surface area (Å²) in [6, 6.07) is 6.26. The molecule has 3 heteroatoms. The molecule has 0 aliphatic heterocycles. The van der Waals surface area contributed by atoms with E-state index >= 15 is 0 Å². The number of aryl methyl sites for hydroxylation is 2. The van der Waals surface area contributed by atoms with E-state index in [1.807, 2.05) is 6.92 Å². The Labute approximate surface area is 102 Å². The van der Waals surface area contributed by atoms with Crippen molar-refractivity contribution in [3.63, 3.8) is 0 Å². The van der Waals surface area contributed by atoms with Crippen LogP contribution in [-0.4, -0.2) is 18.5 Å². The third-order valence-electron chi connectivity index (χ3n) is 2.56. The number of methoxy groups -OCH3 is 1. The average Bonchev–Trinajstić information content (AvgIpc) is 2.23. The van der Waals surface area contributed by atoms with Crippen LogP contribution in [0.4, 0.5) is 0 Å². The second kappa shape index (κ2) is 5.90. The molecule has 0 spiro atoms. The number of halogens is 1. The van der Waals surface area contributed by atoms with E-state index in [4.69, 9.17) is 11.6 Å². The van der Waals surface area contributed by atoms with E-state index in [1.165, 1.54) is 23.8 Å². The van der Waals surface area contributed by atoms with E-state index in [0.717, 1.165) is 0 Å². The van der Waals surface area contributed by atoms with Crippen LogP contribution >= 0.6 is 11.6 Å². The topological polar surface area (TPSA) is 26.3 Å². The number of hydrogen-bond acceptors (Lipinski definition) is 2. The van der Waals surface area contributed by atoms with Crippen molar-refractivity contribution in [3.05, 3.63) is 34.9 Å². The third kappa shape index (κ3) is 3.86. The number of carbonyl (C=O) groups is 1. The highest BCUT2D eigenvalue weighted by molar-refractivity contribution is 6.21. The first kappa shape index (κ1) is 13.0. The predicted molar refractivity (Wildman–Crippen MR) is 65.9 cm³/mol. The van der Waals surface area contributed by atoms with E-state index in [0.29, 0.717) is 6.42 Å². The summed E-state index contributed by atoms with van der Waals surface area (Å²) in [5.41, 5.74) is 3.62. The third-order valence-corrected chi connectivity index (χ3v) is 2.87. The number of rotatable bonds is 4. The molecule has 1 rings (SSSR count). The van der Waals surface area contributed by atoms with Crippen LogP contribution in [0.5, 0.6) is 0 Å². The molecule has 1 aromatic carbocycles. The highest BCUT2D eigenvalue weighted by Gasteiger charge is 2.13. The number of carbonyl (C=O) groups excluding carboxylic acids is 1. The van der Waals surface area contributed by atoms with Gasteiger partial charge in [0.25, 0.3) is 0 Å². The number of hydrogen-bond donors (Lipinski definition) is 0. The lowest BCUT2D eigenvalue weighted by molar-refractivity contribution is -0.140. The van der Waals surface area contributed by atoms with Gasteiger partial charge in [-0.15, -0.1) is 11.6 Å². The first-order valence-corrected chi connectivity index (χ1v) is 5.73. The van der Waals surface area contributed by atoms with Crippen molar-refractivity contribution in [1.29, 1.82) is 0 Å². The Morgan fingerprint density at radius 2 is 2.12 bits per heavy atom. The first-order chi connectivity index (χ1) is 7.52. The lowest BCUT2D eigenvalue weighted by atomic mass is 10.0. The van der Waals surface area contributed by atoms with E-state index in [9.17, 15) is 4.79 Å². The molecule has 0 heterocycles. The van der Waals surface area contributed by atoms with Gasteiger partial charge in [0, 0.05) is 5.38 Å². The zero-order chi connectivity index (χ0) is 12.1. The Morgan fingerprint density at radius 1 is 1.44 bits per heavy atom. The molecule has 0 aliphatic carbocycles. The number of alkyl halides is 1. The molecule has 16 heavy (non-hydrogen) atoms. The SMILES string of the molecule is COC(=O)CC(Cl)Cc1cc(C)ccc1C. The monoisotopic (exact) mass is 240 g/mol. The van der Waals surface area contributed by atoms with E-state index in [1.54, 1.807) is 0 Å². The minimum atomic E-state index is -0.259. The van der Waals surface area contributed by atoms with Crippen LogP contribution in [0.25, 0.3) is 0 Å². The van der Waals surface area contributed by atoms with Crippen molar-refractivity contribution in [2.75, 3.05) is 7.11 Å². The van der Waals surface area contributed by atoms with Gasteiger partial charge in [0.1, 0.15) is 0 Å². The van der Waals surface area contributed by atoms with Gasteiger partial charge in [-0.3, -0.25) is 4.79 Å². The molecule has 0 amide bonds. The van der Waals surface area contributed by atoms with Gasteiger partial charge in [0.05, 0.1) is 13.5 Å². The molecule has 0 aromatic heterocycles. The standard InChI is InChI=1S/C13H17ClO2/c1-9-4-5-10(2)11(6-9)7-12(14)8-13(15)16-3/h4-6,12H,7-8H2,1-3H3. The Bertz CT molecular complexity index is 374. The van der Waals surface area contributed by atoms with Crippen molar-refractivity contribution in [2.45, 2.75) is 32.1 Å². The minimum Gasteiger partial charge on any atom is -0.469 e. The first-order valence-electron chi connectivity index (χ1n) is 5.30. The van der Waals surface area contributed by atoms with Gasteiger partial charge in [0.15, 0.2) is 0 Å². The maximum absolute atomic E-state index is 11.1. The Balaban J connectivity index is 2.65. The smallest absolute Gasteiger partial charge is 0.307 e. The lowest BCUT2D eigenvalue weighted by Gasteiger charge is -2.11. The van der Waals surface area contributed by atoms with Crippen LogP contribution in [0.2, 0.25) is 0 Å². The number of benzene rings is 1. The van der Waals surface area contributed by atoms with Crippen molar-refractivity contribution >= 4 is 17.6 Å². The van der Waals surface area contributed by atoms with Gasteiger partial charge in [-0.05, 0) is 31.4 Å². The van der Waals surface area contributed by atoms with Crippen LogP contribution in [0.15, 0.2) is 18.2 Å². The fourth-order valence-electron chi connectivity index (χ4n) is 1.60. The summed E-state index contributed by atoms with van der Waals surface area (Å²) in [7, 11) is 1.38. The van der Waals surface area contributed by atoms with E-state index in [-0.39, 0.29) is 17.8 Å². The highest BCUT2D eigenvalue weighted by atomic mass is 35.5. The lowest BCUT2D eigenvalue weighted by Crippen LogP contribution is -2.12. The summed E-state index contributed by atoms with van der Waals surface area (Å²) in [6.07, 6.45) is 0.954. The summed E-state index contributed by atoms with van der Waals surface area (Å²) in [5.74, 6) is -0.259. The molecule has 1 aromatic rings.